The number of allylic oxidation sites excluding steroid dienone is 2. The maximum absolute atomic E-state index is 12.6. The summed E-state index contributed by atoms with van der Waals surface area (Å²) in [6, 6.07) is -0.824. The number of carbonyl (C=O) groups is 1. The number of aliphatic hydroxyl groups excluding tert-OH is 3. The highest BCUT2D eigenvalue weighted by molar-refractivity contribution is 5.76. The van der Waals surface area contributed by atoms with Crippen LogP contribution in [0.4, 0.5) is 0 Å². The summed E-state index contributed by atoms with van der Waals surface area (Å²) in [6.07, 6.45) is 84.5. The van der Waals surface area contributed by atoms with E-state index in [1.807, 2.05) is 0 Å². The van der Waals surface area contributed by atoms with Crippen LogP contribution in [0.15, 0.2) is 12.2 Å². The van der Waals surface area contributed by atoms with Crippen LogP contribution >= 0.6 is 0 Å². The van der Waals surface area contributed by atoms with E-state index in [4.69, 9.17) is 0 Å². The Morgan fingerprint density at radius 2 is 0.533 bits per heavy atom. The molecule has 0 saturated carbocycles. The smallest absolute Gasteiger partial charge is 0.220 e. The molecule has 0 aliphatic heterocycles. The number of hydrogen-bond donors (Lipinski definition) is 4. The monoisotopic (exact) mass is 1060 g/mol. The van der Waals surface area contributed by atoms with Crippen molar-refractivity contribution in [1.82, 2.24) is 5.32 Å². The van der Waals surface area contributed by atoms with E-state index in [1.54, 1.807) is 0 Å². The second-order valence-corrected chi connectivity index (χ2v) is 24.4. The van der Waals surface area contributed by atoms with Gasteiger partial charge < -0.3 is 20.6 Å². The number of unbranched alkanes of at least 4 members (excludes halogenated alkanes) is 56. The van der Waals surface area contributed by atoms with Gasteiger partial charge in [-0.15, -0.1) is 0 Å². The topological polar surface area (TPSA) is 89.8 Å². The molecule has 3 atom stereocenters. The predicted octanol–water partition coefficient (Wildman–Crippen LogP) is 22.6. The molecule has 0 rings (SSSR count). The predicted molar refractivity (Wildman–Crippen MR) is 333 cm³/mol. The molecule has 75 heavy (non-hydrogen) atoms. The van der Waals surface area contributed by atoms with Gasteiger partial charge in [0.25, 0.3) is 0 Å². The Morgan fingerprint density at radius 1 is 0.320 bits per heavy atom. The first-order valence-electron chi connectivity index (χ1n) is 35.0. The Kier molecular flexibility index (Phi) is 64.8. The number of rotatable bonds is 66. The van der Waals surface area contributed by atoms with E-state index < -0.39 is 18.2 Å². The quantitative estimate of drug-likeness (QED) is 0.0361. The Hall–Kier alpha value is -0.910. The SMILES string of the molecule is CCCCCCCCCCCCCCCCCCC/C=C/CCCC(O)C(O)C(CO)NC(=O)CCCCCCCCCCCCCCCCCCCCCCCCCCCCCCCCCCCCCCCCC. The molecule has 0 aromatic carbocycles. The first-order valence-corrected chi connectivity index (χ1v) is 35.0. The molecule has 0 radical (unpaired) electrons. The molecule has 0 aliphatic rings. The van der Waals surface area contributed by atoms with E-state index in [2.05, 4.69) is 31.3 Å². The first kappa shape index (κ1) is 74.1. The van der Waals surface area contributed by atoms with Crippen LogP contribution in [0.25, 0.3) is 0 Å². The third kappa shape index (κ3) is 60.6. The molecule has 5 nitrogen and oxygen atoms in total. The standard InChI is InChI=1S/C70H139NO4/c1-3-5-7-9-11-13-15-17-19-21-23-25-27-28-29-30-31-32-33-34-35-36-37-38-39-40-41-42-43-45-47-49-51-53-55-57-59-61-63-65-69(74)71-67(66-72)70(75)68(73)64-62-60-58-56-54-52-50-48-46-44-26-24-22-20-18-16-14-12-10-8-6-4-2/h56,58,67-68,70,72-73,75H,3-55,57,59-66H2,1-2H3,(H,71,74)/b58-56+. The average molecular weight is 1060 g/mol. The maximum Gasteiger partial charge on any atom is 0.220 e. The minimum absolute atomic E-state index is 0.144. The van der Waals surface area contributed by atoms with Crippen molar-refractivity contribution < 1.29 is 20.1 Å². The molecule has 0 spiro atoms. The summed E-state index contributed by atoms with van der Waals surface area (Å²) in [5.74, 6) is -0.144. The summed E-state index contributed by atoms with van der Waals surface area (Å²) in [4.78, 5) is 12.6. The fourth-order valence-electron chi connectivity index (χ4n) is 11.5. The number of carbonyl (C=O) groups excluding carboxylic acids is 1. The highest BCUT2D eigenvalue weighted by Crippen LogP contribution is 2.20. The molecule has 0 saturated heterocycles. The number of hydrogen-bond acceptors (Lipinski definition) is 4. The fraction of sp³-hybridized carbons (Fsp3) is 0.957. The van der Waals surface area contributed by atoms with E-state index in [1.165, 1.54) is 340 Å². The molecule has 0 fully saturated rings. The van der Waals surface area contributed by atoms with Crippen LogP contribution in [0.1, 0.15) is 406 Å². The van der Waals surface area contributed by atoms with Crippen molar-refractivity contribution in [3.63, 3.8) is 0 Å². The first-order chi connectivity index (χ1) is 37.1. The van der Waals surface area contributed by atoms with E-state index in [-0.39, 0.29) is 12.5 Å². The van der Waals surface area contributed by atoms with Gasteiger partial charge in [-0.25, -0.2) is 0 Å². The van der Waals surface area contributed by atoms with Gasteiger partial charge in [0.2, 0.25) is 5.91 Å². The van der Waals surface area contributed by atoms with Gasteiger partial charge in [-0.1, -0.05) is 373 Å². The molecule has 0 aliphatic carbocycles. The molecule has 0 aromatic rings. The van der Waals surface area contributed by atoms with Crippen LogP contribution in [-0.4, -0.2) is 46.1 Å². The highest BCUT2D eigenvalue weighted by Gasteiger charge is 2.26. The molecule has 0 aromatic heterocycles. The summed E-state index contributed by atoms with van der Waals surface area (Å²) < 4.78 is 0. The van der Waals surface area contributed by atoms with Gasteiger partial charge in [0.05, 0.1) is 18.8 Å². The zero-order valence-electron chi connectivity index (χ0n) is 51.5. The maximum atomic E-state index is 12.6. The minimum Gasteiger partial charge on any atom is -0.394 e. The zero-order valence-corrected chi connectivity index (χ0v) is 51.5. The highest BCUT2D eigenvalue weighted by atomic mass is 16.3. The molecule has 4 N–H and O–H groups in total. The Balaban J connectivity index is 3.42. The van der Waals surface area contributed by atoms with E-state index in [0.29, 0.717) is 12.8 Å². The van der Waals surface area contributed by atoms with Gasteiger partial charge in [-0.2, -0.15) is 0 Å². The number of aliphatic hydroxyl groups is 3. The van der Waals surface area contributed by atoms with E-state index in [9.17, 15) is 20.1 Å². The normalized spacial score (nSPS) is 13.1. The molecule has 448 valence electrons. The summed E-state index contributed by atoms with van der Waals surface area (Å²) in [6.45, 7) is 4.23. The lowest BCUT2D eigenvalue weighted by Gasteiger charge is -2.26. The Bertz CT molecular complexity index is 1080. The molecule has 5 heteroatoms. The Morgan fingerprint density at radius 3 is 0.773 bits per heavy atom. The van der Waals surface area contributed by atoms with Crippen molar-refractivity contribution in [1.29, 1.82) is 0 Å². The average Bonchev–Trinajstić information content (AvgIpc) is 3.41. The molecule has 0 bridgehead atoms. The fourth-order valence-corrected chi connectivity index (χ4v) is 11.5. The second kappa shape index (κ2) is 65.6. The molecule has 3 unspecified atom stereocenters. The van der Waals surface area contributed by atoms with Crippen LogP contribution in [0.5, 0.6) is 0 Å². The van der Waals surface area contributed by atoms with Crippen molar-refractivity contribution in [3.8, 4) is 0 Å². The van der Waals surface area contributed by atoms with Crippen LogP contribution in [0, 0.1) is 0 Å². The number of amides is 1. The molecular weight excluding hydrogens is 919 g/mol. The van der Waals surface area contributed by atoms with E-state index in [0.717, 1.165) is 38.5 Å². The van der Waals surface area contributed by atoms with Crippen LogP contribution < -0.4 is 5.32 Å². The van der Waals surface area contributed by atoms with Gasteiger partial charge in [-0.3, -0.25) is 4.79 Å². The third-order valence-corrected chi connectivity index (χ3v) is 16.9. The van der Waals surface area contributed by atoms with Crippen molar-refractivity contribution in [3.05, 3.63) is 12.2 Å². The molecule has 1 amide bonds. The summed E-state index contributed by atoms with van der Waals surface area (Å²) >= 11 is 0. The minimum atomic E-state index is -1.16. The van der Waals surface area contributed by atoms with Gasteiger partial charge in [-0.05, 0) is 38.5 Å². The van der Waals surface area contributed by atoms with Gasteiger partial charge in [0.15, 0.2) is 0 Å². The van der Waals surface area contributed by atoms with Crippen LogP contribution in [-0.2, 0) is 4.79 Å². The van der Waals surface area contributed by atoms with Crippen LogP contribution in [0.3, 0.4) is 0 Å². The van der Waals surface area contributed by atoms with Crippen molar-refractivity contribution in [2.45, 2.75) is 424 Å². The lowest BCUT2D eigenvalue weighted by atomic mass is 10.0. The second-order valence-electron chi connectivity index (χ2n) is 24.4. The largest absolute Gasteiger partial charge is 0.394 e. The van der Waals surface area contributed by atoms with Gasteiger partial charge >= 0.3 is 0 Å². The zero-order chi connectivity index (χ0) is 54.3. The van der Waals surface area contributed by atoms with E-state index >= 15 is 0 Å². The van der Waals surface area contributed by atoms with Crippen LogP contribution in [0.2, 0.25) is 0 Å². The lowest BCUT2D eigenvalue weighted by Crippen LogP contribution is -2.50. The van der Waals surface area contributed by atoms with Gasteiger partial charge in [0, 0.05) is 6.42 Å². The van der Waals surface area contributed by atoms with Crippen molar-refractivity contribution >= 4 is 5.91 Å². The molecule has 0 heterocycles. The van der Waals surface area contributed by atoms with Gasteiger partial charge in [0.1, 0.15) is 6.10 Å². The summed E-state index contributed by atoms with van der Waals surface area (Å²) in [5, 5.41) is 33.9. The molecular formula is C70H139NO4. The Labute approximate surface area is 471 Å². The third-order valence-electron chi connectivity index (χ3n) is 16.9. The lowest BCUT2D eigenvalue weighted by molar-refractivity contribution is -0.124. The number of nitrogens with one attached hydrogen (secondary N) is 1. The summed E-state index contributed by atoms with van der Waals surface area (Å²) in [5.41, 5.74) is 0. The van der Waals surface area contributed by atoms with Crippen molar-refractivity contribution in [2.24, 2.45) is 0 Å². The summed E-state index contributed by atoms with van der Waals surface area (Å²) in [7, 11) is 0. The van der Waals surface area contributed by atoms with Crippen molar-refractivity contribution in [2.75, 3.05) is 6.61 Å².